The third-order valence-corrected chi connectivity index (χ3v) is 10.9. The highest BCUT2D eigenvalue weighted by Gasteiger charge is 2.26. The van der Waals surface area contributed by atoms with E-state index in [1.807, 2.05) is 12.3 Å². The molecule has 5 heteroatoms. The van der Waals surface area contributed by atoms with E-state index >= 15 is 0 Å². The number of aromatic nitrogens is 2. The summed E-state index contributed by atoms with van der Waals surface area (Å²) >= 11 is 0. The molecule has 5 nitrogen and oxygen atoms in total. The molecular formula is C50H44N4O. The quantitative estimate of drug-likeness (QED) is 0.164. The highest BCUT2D eigenvalue weighted by atomic mass is 16.5. The Labute approximate surface area is 323 Å². The summed E-state index contributed by atoms with van der Waals surface area (Å²) in [6.07, 6.45) is 1.93. The summed E-state index contributed by atoms with van der Waals surface area (Å²) in [6.45, 7) is 11.8. The van der Waals surface area contributed by atoms with Crippen molar-refractivity contribution in [3.63, 3.8) is 0 Å². The van der Waals surface area contributed by atoms with Crippen LogP contribution >= 0.6 is 0 Å². The molecule has 2 aromatic heterocycles. The first-order valence-electron chi connectivity index (χ1n) is 19.0. The lowest BCUT2D eigenvalue weighted by Crippen LogP contribution is -2.27. The average molecular weight is 717 g/mol. The van der Waals surface area contributed by atoms with Crippen LogP contribution in [-0.2, 0) is 5.41 Å². The van der Waals surface area contributed by atoms with Crippen molar-refractivity contribution in [3.05, 3.63) is 181 Å². The molecule has 0 N–H and O–H groups in total. The zero-order chi connectivity index (χ0) is 37.7. The average Bonchev–Trinajstić information content (AvgIpc) is 3.70. The molecule has 0 fully saturated rings. The van der Waals surface area contributed by atoms with Crippen LogP contribution in [0.3, 0.4) is 0 Å². The summed E-state index contributed by atoms with van der Waals surface area (Å²) in [7, 11) is 0. The minimum absolute atomic E-state index is 0.0130. The lowest BCUT2D eigenvalue weighted by atomic mass is 9.88. The van der Waals surface area contributed by atoms with Gasteiger partial charge in [-0.05, 0) is 108 Å². The lowest BCUT2D eigenvalue weighted by Gasteiger charge is -2.24. The molecule has 9 rings (SSSR count). The van der Waals surface area contributed by atoms with Gasteiger partial charge in [-0.15, -0.1) is 0 Å². The summed E-state index contributed by atoms with van der Waals surface area (Å²) in [4.78, 5) is 9.66. The van der Waals surface area contributed by atoms with Crippen molar-refractivity contribution in [2.75, 3.05) is 16.5 Å². The fraction of sp³-hybridized carbons (Fsp3) is 0.140. The molecule has 0 bridgehead atoms. The van der Waals surface area contributed by atoms with Crippen LogP contribution in [0.15, 0.2) is 175 Å². The second-order valence-electron chi connectivity index (χ2n) is 15.4. The molecule has 0 atom stereocenters. The smallest absolute Gasteiger partial charge is 0.137 e. The van der Waals surface area contributed by atoms with Gasteiger partial charge >= 0.3 is 0 Å². The van der Waals surface area contributed by atoms with E-state index in [0.29, 0.717) is 0 Å². The van der Waals surface area contributed by atoms with Gasteiger partial charge < -0.3 is 14.5 Å². The Morgan fingerprint density at radius 2 is 1.13 bits per heavy atom. The van der Waals surface area contributed by atoms with Crippen molar-refractivity contribution in [1.29, 1.82) is 0 Å². The van der Waals surface area contributed by atoms with Crippen molar-refractivity contribution in [2.24, 2.45) is 0 Å². The molecule has 0 unspecified atom stereocenters. The Kier molecular flexibility index (Phi) is 8.50. The van der Waals surface area contributed by atoms with Gasteiger partial charge in [0.05, 0.1) is 17.7 Å². The Hall–Kier alpha value is -6.59. The molecule has 3 heterocycles. The molecule has 0 radical (unpaired) electrons. The van der Waals surface area contributed by atoms with Crippen molar-refractivity contribution in [2.45, 2.75) is 40.0 Å². The molecule has 0 saturated carbocycles. The largest absolute Gasteiger partial charge is 0.457 e. The normalized spacial score (nSPS) is 13.3. The molecule has 0 amide bonds. The number of pyridine rings is 1. The van der Waals surface area contributed by atoms with Gasteiger partial charge in [-0.3, -0.25) is 4.57 Å². The Morgan fingerprint density at radius 3 is 1.82 bits per heavy atom. The van der Waals surface area contributed by atoms with Crippen LogP contribution in [0.4, 0.5) is 11.4 Å². The van der Waals surface area contributed by atoms with Crippen LogP contribution < -0.4 is 14.5 Å². The molecule has 1 aliphatic heterocycles. The number of rotatable bonds is 7. The van der Waals surface area contributed by atoms with Crippen molar-refractivity contribution in [3.8, 4) is 39.6 Å². The van der Waals surface area contributed by atoms with Gasteiger partial charge in [0.2, 0.25) is 0 Å². The van der Waals surface area contributed by atoms with E-state index in [1.165, 1.54) is 50.3 Å². The van der Waals surface area contributed by atoms with Crippen molar-refractivity contribution in [1.82, 2.24) is 9.55 Å². The Bertz CT molecular complexity index is 2720. The SMILES string of the molecule is CC1=C(C)N(c2cccc(-c3ccccc3)c2)CN1c1cccc(Oc2ccc3c4cc(-c5ccccc5)ccc4n(-c4cc(C(C)(C)C)ccn4)c3c2)c1. The van der Waals surface area contributed by atoms with E-state index < -0.39 is 0 Å². The van der Waals surface area contributed by atoms with Crippen LogP contribution in [0.2, 0.25) is 0 Å². The molecule has 8 aromatic rings. The van der Waals surface area contributed by atoms with Crippen LogP contribution in [0.25, 0.3) is 49.9 Å². The Morgan fingerprint density at radius 1 is 0.509 bits per heavy atom. The number of hydrogen-bond donors (Lipinski definition) is 0. The maximum atomic E-state index is 6.69. The van der Waals surface area contributed by atoms with E-state index in [1.54, 1.807) is 0 Å². The van der Waals surface area contributed by atoms with Gasteiger partial charge in [0.15, 0.2) is 0 Å². The van der Waals surface area contributed by atoms with Crippen LogP contribution in [0.1, 0.15) is 40.2 Å². The van der Waals surface area contributed by atoms with E-state index in [0.717, 1.165) is 46.1 Å². The van der Waals surface area contributed by atoms with E-state index in [2.05, 4.69) is 201 Å². The predicted molar refractivity (Wildman–Crippen MR) is 229 cm³/mol. The monoisotopic (exact) mass is 716 g/mol. The zero-order valence-electron chi connectivity index (χ0n) is 32.0. The zero-order valence-corrected chi connectivity index (χ0v) is 32.0. The lowest BCUT2D eigenvalue weighted by molar-refractivity contribution is 0.483. The van der Waals surface area contributed by atoms with E-state index in [-0.39, 0.29) is 5.41 Å². The van der Waals surface area contributed by atoms with Crippen LogP contribution in [0, 0.1) is 0 Å². The fourth-order valence-electron chi connectivity index (χ4n) is 7.76. The maximum absolute atomic E-state index is 6.69. The molecule has 0 spiro atoms. The highest BCUT2D eigenvalue weighted by molar-refractivity contribution is 6.10. The third-order valence-electron chi connectivity index (χ3n) is 10.9. The predicted octanol–water partition coefficient (Wildman–Crippen LogP) is 13.1. The molecule has 6 aromatic carbocycles. The minimum atomic E-state index is -0.0130. The summed E-state index contributed by atoms with van der Waals surface area (Å²) in [6, 6.07) is 55.8. The second-order valence-corrected chi connectivity index (χ2v) is 15.4. The number of anilines is 2. The number of ether oxygens (including phenoxy) is 1. The fourth-order valence-corrected chi connectivity index (χ4v) is 7.76. The first-order chi connectivity index (χ1) is 26.7. The molecule has 0 aliphatic carbocycles. The molecule has 1 aliphatic rings. The van der Waals surface area contributed by atoms with Gasteiger partial charge in [0.25, 0.3) is 0 Å². The van der Waals surface area contributed by atoms with Gasteiger partial charge in [-0.25, -0.2) is 4.98 Å². The van der Waals surface area contributed by atoms with Crippen molar-refractivity contribution >= 4 is 33.2 Å². The van der Waals surface area contributed by atoms with E-state index in [4.69, 9.17) is 9.72 Å². The summed E-state index contributed by atoms with van der Waals surface area (Å²) in [5.41, 5.74) is 12.9. The topological polar surface area (TPSA) is 33.5 Å². The number of hydrogen-bond acceptors (Lipinski definition) is 4. The summed E-state index contributed by atoms with van der Waals surface area (Å²) in [5.74, 6) is 2.45. The molecule has 270 valence electrons. The number of fused-ring (bicyclic) bond motifs is 3. The molecule has 0 saturated heterocycles. The maximum Gasteiger partial charge on any atom is 0.137 e. The number of benzene rings is 6. The van der Waals surface area contributed by atoms with Gasteiger partial charge in [-0.1, -0.05) is 106 Å². The molecular weight excluding hydrogens is 673 g/mol. The summed E-state index contributed by atoms with van der Waals surface area (Å²) in [5, 5.41) is 2.33. The van der Waals surface area contributed by atoms with Crippen LogP contribution in [0.5, 0.6) is 11.5 Å². The van der Waals surface area contributed by atoms with Gasteiger partial charge in [0, 0.05) is 51.9 Å². The van der Waals surface area contributed by atoms with Crippen molar-refractivity contribution < 1.29 is 4.74 Å². The highest BCUT2D eigenvalue weighted by Crippen LogP contribution is 2.40. The van der Waals surface area contributed by atoms with E-state index in [9.17, 15) is 0 Å². The standard InChI is InChI=1S/C50H44N4O/c1-34-35(2)53(33-52(34)41-19-12-18-38(28-41)36-14-8-6-9-15-36)42-20-13-21-43(31-42)55-44-23-24-45-46-29-39(37-16-10-7-11-17-37)22-25-47(46)54(48(45)32-44)49-30-40(26-27-51-49)50(3,4)5/h6-32H,33H2,1-5H3. The molecule has 55 heavy (non-hydrogen) atoms. The first-order valence-corrected chi connectivity index (χ1v) is 19.0. The number of allylic oxidation sites excluding steroid dienone is 2. The first kappa shape index (κ1) is 34.2. The van der Waals surface area contributed by atoms with Crippen LogP contribution in [-0.4, -0.2) is 16.2 Å². The second kappa shape index (κ2) is 13.7. The Balaban J connectivity index is 1.06. The third kappa shape index (κ3) is 6.42. The van der Waals surface area contributed by atoms with Gasteiger partial charge in [0.1, 0.15) is 17.3 Å². The van der Waals surface area contributed by atoms with Gasteiger partial charge in [-0.2, -0.15) is 0 Å². The number of nitrogens with zero attached hydrogens (tertiary/aromatic N) is 4. The summed E-state index contributed by atoms with van der Waals surface area (Å²) < 4.78 is 8.97. The minimum Gasteiger partial charge on any atom is -0.457 e.